The van der Waals surface area contributed by atoms with E-state index < -0.39 is 23.9 Å². The lowest BCUT2D eigenvalue weighted by molar-refractivity contribution is -0.149. The standard InChI is InChI=1S/C17H28N2O7.C15H22O7/c1-3-15(21)25-11-12-26-16(22)7-5-4-6-10-24-17(23)13-14(20)19-9-8-18-2;1-3-13(17)21-9-10-22-14(18)7-5-4-6-8-20-15(19)11-12(2)16/h3,18H,1,4-13H2,2H3,(H,19,20);3H,1,4-11H2,2H3. The van der Waals surface area contributed by atoms with E-state index in [0.717, 1.165) is 12.2 Å². The number of hydrogen-bond acceptors (Lipinski definition) is 15. The van der Waals surface area contributed by atoms with Crippen molar-refractivity contribution in [3.05, 3.63) is 25.3 Å². The Morgan fingerprint density at radius 1 is 0.521 bits per heavy atom. The minimum absolute atomic E-state index is 0.00267. The molecule has 0 heterocycles. The summed E-state index contributed by atoms with van der Waals surface area (Å²) >= 11 is 0. The summed E-state index contributed by atoms with van der Waals surface area (Å²) in [4.78, 5) is 88.7. The SMILES string of the molecule is C=CC(=O)OCCOC(=O)CCCCCOC(=O)CC(=O)NCCNC.C=CC(=O)OCCOC(=O)CCCCCOC(=O)CC(C)=O. The summed E-state index contributed by atoms with van der Waals surface area (Å²) < 4.78 is 28.8. The molecule has 0 saturated carbocycles. The smallest absolute Gasteiger partial charge is 0.330 e. The van der Waals surface area contributed by atoms with Gasteiger partial charge in [-0.3, -0.25) is 28.8 Å². The van der Waals surface area contributed by atoms with Gasteiger partial charge < -0.3 is 39.1 Å². The zero-order valence-electron chi connectivity index (χ0n) is 28.0. The van der Waals surface area contributed by atoms with E-state index in [1.165, 1.54) is 6.92 Å². The Kier molecular flexibility index (Phi) is 30.7. The highest BCUT2D eigenvalue weighted by Crippen LogP contribution is 2.04. The molecule has 2 N–H and O–H groups in total. The molecule has 0 aromatic carbocycles. The van der Waals surface area contributed by atoms with Crippen LogP contribution in [0.15, 0.2) is 25.3 Å². The molecule has 0 aromatic rings. The molecule has 0 atom stereocenters. The number of unbranched alkanes of at least 4 members (excludes halogenated alkanes) is 4. The van der Waals surface area contributed by atoms with E-state index in [9.17, 15) is 38.4 Å². The maximum atomic E-state index is 11.4. The third-order valence-electron chi connectivity index (χ3n) is 5.49. The Balaban J connectivity index is 0. The fraction of sp³-hybridized carbons (Fsp3) is 0.625. The van der Waals surface area contributed by atoms with E-state index >= 15 is 0 Å². The van der Waals surface area contributed by atoms with Gasteiger partial charge in [0.05, 0.1) is 13.2 Å². The van der Waals surface area contributed by atoms with Gasteiger partial charge in [0.1, 0.15) is 45.1 Å². The zero-order chi connectivity index (χ0) is 36.4. The number of esters is 6. The maximum Gasteiger partial charge on any atom is 0.330 e. The molecule has 0 spiro atoms. The number of hydrogen-bond donors (Lipinski definition) is 2. The molecule has 0 fully saturated rings. The van der Waals surface area contributed by atoms with Crippen molar-refractivity contribution in [2.75, 3.05) is 59.8 Å². The molecular formula is C32H50N2O14. The van der Waals surface area contributed by atoms with Crippen LogP contribution in [0.4, 0.5) is 0 Å². The summed E-state index contributed by atoms with van der Waals surface area (Å²) in [6.45, 7) is 9.34. The van der Waals surface area contributed by atoms with Crippen molar-refractivity contribution in [2.45, 2.75) is 71.1 Å². The Morgan fingerprint density at radius 3 is 1.35 bits per heavy atom. The van der Waals surface area contributed by atoms with Gasteiger partial charge in [-0.1, -0.05) is 13.2 Å². The lowest BCUT2D eigenvalue weighted by atomic mass is 10.2. The first-order valence-corrected chi connectivity index (χ1v) is 15.6. The monoisotopic (exact) mass is 686 g/mol. The number of ketones is 1. The van der Waals surface area contributed by atoms with Crippen molar-refractivity contribution in [3.63, 3.8) is 0 Å². The molecule has 0 saturated heterocycles. The van der Waals surface area contributed by atoms with E-state index in [4.69, 9.17) is 18.9 Å². The molecular weight excluding hydrogens is 636 g/mol. The Morgan fingerprint density at radius 2 is 0.938 bits per heavy atom. The molecule has 16 heteroatoms. The largest absolute Gasteiger partial charge is 0.465 e. The normalized spacial score (nSPS) is 9.79. The molecule has 0 aliphatic carbocycles. The van der Waals surface area contributed by atoms with Crippen molar-refractivity contribution < 1.29 is 66.8 Å². The van der Waals surface area contributed by atoms with Gasteiger partial charge in [-0.25, -0.2) is 9.59 Å². The van der Waals surface area contributed by atoms with Crippen molar-refractivity contribution >= 4 is 47.5 Å². The summed E-state index contributed by atoms with van der Waals surface area (Å²) in [5.74, 6) is -3.57. The number of ether oxygens (including phenoxy) is 6. The first-order valence-electron chi connectivity index (χ1n) is 15.6. The number of rotatable bonds is 27. The van der Waals surface area contributed by atoms with E-state index in [-0.39, 0.29) is 89.0 Å². The lowest BCUT2D eigenvalue weighted by Crippen LogP contribution is -2.32. The van der Waals surface area contributed by atoms with E-state index in [1.807, 2.05) is 0 Å². The van der Waals surface area contributed by atoms with Crippen LogP contribution in [0.2, 0.25) is 0 Å². The van der Waals surface area contributed by atoms with Gasteiger partial charge in [0.15, 0.2) is 0 Å². The van der Waals surface area contributed by atoms with Crippen LogP contribution >= 0.6 is 0 Å². The van der Waals surface area contributed by atoms with Gasteiger partial charge in [-0.05, 0) is 52.5 Å². The number of likely N-dealkylation sites (N-methyl/N-ethyl adjacent to an activating group) is 1. The van der Waals surface area contributed by atoms with Crippen LogP contribution in [-0.2, 0) is 66.8 Å². The quantitative estimate of drug-likeness (QED) is 0.0411. The number of nitrogens with one attached hydrogen (secondary N) is 2. The third-order valence-corrected chi connectivity index (χ3v) is 5.49. The molecule has 16 nitrogen and oxygen atoms in total. The first-order chi connectivity index (χ1) is 22.9. The van der Waals surface area contributed by atoms with Gasteiger partial charge >= 0.3 is 35.8 Å². The number of Topliss-reactive ketones (excluding diaryl/α,β-unsaturated/α-hetero) is 1. The summed E-state index contributed by atoms with van der Waals surface area (Å²) in [7, 11) is 1.76. The van der Waals surface area contributed by atoms with Crippen LogP contribution in [0.3, 0.4) is 0 Å². The minimum atomic E-state index is -0.569. The summed E-state index contributed by atoms with van der Waals surface area (Å²) in [6.07, 6.45) is 5.84. The Labute approximate surface area is 281 Å². The predicted octanol–water partition coefficient (Wildman–Crippen LogP) is 1.43. The molecule has 48 heavy (non-hydrogen) atoms. The Bertz CT molecular complexity index is 1030. The van der Waals surface area contributed by atoms with Crippen LogP contribution in [0, 0.1) is 0 Å². The van der Waals surface area contributed by atoms with Crippen molar-refractivity contribution in [2.24, 2.45) is 0 Å². The zero-order valence-corrected chi connectivity index (χ0v) is 28.0. The van der Waals surface area contributed by atoms with Crippen LogP contribution in [0.25, 0.3) is 0 Å². The topological polar surface area (TPSA) is 216 Å². The average Bonchev–Trinajstić information content (AvgIpc) is 3.04. The van der Waals surface area contributed by atoms with Gasteiger partial charge in [0.2, 0.25) is 5.91 Å². The second-order valence-corrected chi connectivity index (χ2v) is 9.76. The first kappa shape index (κ1) is 45.5. The van der Waals surface area contributed by atoms with Crippen LogP contribution < -0.4 is 10.6 Å². The second kappa shape index (κ2) is 32.3. The molecule has 0 rings (SSSR count). The highest BCUT2D eigenvalue weighted by Gasteiger charge is 2.10. The van der Waals surface area contributed by atoms with Crippen molar-refractivity contribution in [1.82, 2.24) is 10.6 Å². The molecule has 0 bridgehead atoms. The highest BCUT2D eigenvalue weighted by molar-refractivity contribution is 5.94. The number of carbonyl (C=O) groups excluding carboxylic acids is 8. The molecule has 0 aromatic heterocycles. The van der Waals surface area contributed by atoms with E-state index in [1.54, 1.807) is 7.05 Å². The van der Waals surface area contributed by atoms with Crippen LogP contribution in [-0.4, -0.2) is 107 Å². The number of carbonyl (C=O) groups is 8. The third kappa shape index (κ3) is 34.3. The van der Waals surface area contributed by atoms with Crippen molar-refractivity contribution in [1.29, 1.82) is 0 Å². The molecule has 272 valence electrons. The lowest BCUT2D eigenvalue weighted by Gasteiger charge is -2.07. The molecule has 1 amide bonds. The summed E-state index contributed by atoms with van der Waals surface area (Å²) in [5, 5.41) is 5.45. The molecule has 0 radical (unpaired) electrons. The van der Waals surface area contributed by atoms with Crippen LogP contribution in [0.5, 0.6) is 0 Å². The van der Waals surface area contributed by atoms with E-state index in [0.29, 0.717) is 51.6 Å². The summed E-state index contributed by atoms with van der Waals surface area (Å²) in [5.41, 5.74) is 0. The van der Waals surface area contributed by atoms with Crippen LogP contribution in [0.1, 0.15) is 71.1 Å². The summed E-state index contributed by atoms with van der Waals surface area (Å²) in [6, 6.07) is 0. The fourth-order valence-electron chi connectivity index (χ4n) is 3.15. The number of amides is 1. The molecule has 0 aliphatic heterocycles. The van der Waals surface area contributed by atoms with Gasteiger partial charge in [-0.2, -0.15) is 0 Å². The Hall–Kier alpha value is -4.60. The minimum Gasteiger partial charge on any atom is -0.465 e. The van der Waals surface area contributed by atoms with Gasteiger partial charge in [0, 0.05) is 38.1 Å². The van der Waals surface area contributed by atoms with Gasteiger partial charge in [-0.15, -0.1) is 0 Å². The predicted molar refractivity (Wildman–Crippen MR) is 170 cm³/mol. The highest BCUT2D eigenvalue weighted by atomic mass is 16.6. The van der Waals surface area contributed by atoms with Gasteiger partial charge in [0.25, 0.3) is 0 Å². The van der Waals surface area contributed by atoms with Crippen molar-refractivity contribution in [3.8, 4) is 0 Å². The average molecular weight is 687 g/mol. The van der Waals surface area contributed by atoms with E-state index in [2.05, 4.69) is 33.3 Å². The molecule has 0 unspecified atom stereocenters. The fourth-order valence-corrected chi connectivity index (χ4v) is 3.15. The maximum absolute atomic E-state index is 11.4. The second-order valence-electron chi connectivity index (χ2n) is 9.76. The molecule has 0 aliphatic rings.